The summed E-state index contributed by atoms with van der Waals surface area (Å²) in [7, 11) is 1.30. The average Bonchev–Trinajstić information content (AvgIpc) is 2.37. The summed E-state index contributed by atoms with van der Waals surface area (Å²) in [6.45, 7) is 2.54. The highest BCUT2D eigenvalue weighted by molar-refractivity contribution is 9.10. The van der Waals surface area contributed by atoms with E-state index in [1.807, 2.05) is 6.92 Å². The molecule has 0 atom stereocenters. The smallest absolute Gasteiger partial charge is 0.340 e. The summed E-state index contributed by atoms with van der Waals surface area (Å²) in [5.74, 6) is -0.498. The van der Waals surface area contributed by atoms with Gasteiger partial charge in [0, 0.05) is 11.0 Å². The predicted octanol–water partition coefficient (Wildman–Crippen LogP) is 2.77. The summed E-state index contributed by atoms with van der Waals surface area (Å²) in [5.41, 5.74) is 0.720. The van der Waals surface area contributed by atoms with Gasteiger partial charge in [-0.2, -0.15) is 0 Å². The summed E-state index contributed by atoms with van der Waals surface area (Å²) < 4.78 is 5.40. The van der Waals surface area contributed by atoms with Gasteiger partial charge in [0.25, 0.3) is 0 Å². The first-order chi connectivity index (χ1) is 8.58. The van der Waals surface area contributed by atoms with Gasteiger partial charge in [-0.25, -0.2) is 9.59 Å². The van der Waals surface area contributed by atoms with Crippen molar-refractivity contribution in [3.63, 3.8) is 0 Å². The second-order valence-electron chi connectivity index (χ2n) is 3.56. The molecule has 0 saturated heterocycles. The van der Waals surface area contributed by atoms with Crippen LogP contribution in [0.15, 0.2) is 22.7 Å². The molecule has 0 aromatic heterocycles. The molecule has 0 aliphatic rings. The molecule has 2 N–H and O–H groups in total. The van der Waals surface area contributed by atoms with Crippen LogP contribution in [0.2, 0.25) is 0 Å². The number of methoxy groups -OCH3 is 1. The summed E-state index contributed by atoms with van der Waals surface area (Å²) in [6.07, 6.45) is 0.845. The van der Waals surface area contributed by atoms with Crippen LogP contribution in [-0.2, 0) is 4.74 Å². The number of anilines is 1. The molecule has 18 heavy (non-hydrogen) atoms. The topological polar surface area (TPSA) is 67.4 Å². The fraction of sp³-hybridized carbons (Fsp3) is 0.333. The maximum atomic E-state index is 11.6. The number of urea groups is 1. The molecule has 0 saturated carbocycles. The Kier molecular flexibility index (Phi) is 5.64. The third kappa shape index (κ3) is 4.03. The van der Waals surface area contributed by atoms with Crippen molar-refractivity contribution in [1.29, 1.82) is 0 Å². The maximum absolute atomic E-state index is 11.6. The molecule has 0 radical (unpaired) electrons. The number of ether oxygens (including phenoxy) is 1. The van der Waals surface area contributed by atoms with Crippen LogP contribution < -0.4 is 10.6 Å². The van der Waals surface area contributed by atoms with Gasteiger partial charge in [-0.15, -0.1) is 0 Å². The Labute approximate surface area is 114 Å². The highest BCUT2D eigenvalue weighted by atomic mass is 79.9. The molecule has 0 aliphatic heterocycles. The Hall–Kier alpha value is -1.56. The Bertz CT molecular complexity index is 449. The quantitative estimate of drug-likeness (QED) is 0.840. The minimum Gasteiger partial charge on any atom is -0.465 e. The number of benzene rings is 1. The van der Waals surface area contributed by atoms with E-state index in [4.69, 9.17) is 0 Å². The van der Waals surface area contributed by atoms with Crippen LogP contribution in [0.1, 0.15) is 23.7 Å². The van der Waals surface area contributed by atoms with E-state index >= 15 is 0 Å². The largest absolute Gasteiger partial charge is 0.465 e. The lowest BCUT2D eigenvalue weighted by Crippen LogP contribution is -2.29. The second kappa shape index (κ2) is 7.00. The Morgan fingerprint density at radius 3 is 2.72 bits per heavy atom. The predicted molar refractivity (Wildman–Crippen MR) is 72.8 cm³/mol. The normalized spacial score (nSPS) is 9.72. The molecule has 0 fully saturated rings. The fourth-order valence-corrected chi connectivity index (χ4v) is 1.67. The molecular weight excluding hydrogens is 300 g/mol. The zero-order chi connectivity index (χ0) is 13.5. The van der Waals surface area contributed by atoms with Crippen molar-refractivity contribution in [3.05, 3.63) is 28.2 Å². The molecule has 6 heteroatoms. The molecular formula is C12H15BrN2O3. The molecule has 0 bridgehead atoms. The van der Waals surface area contributed by atoms with Gasteiger partial charge < -0.3 is 15.4 Å². The molecule has 0 unspecified atom stereocenters. The van der Waals surface area contributed by atoms with Gasteiger partial charge in [0.1, 0.15) is 0 Å². The van der Waals surface area contributed by atoms with Gasteiger partial charge in [0.15, 0.2) is 0 Å². The van der Waals surface area contributed by atoms with Gasteiger partial charge in [-0.05, 0) is 24.6 Å². The molecule has 98 valence electrons. The maximum Gasteiger partial charge on any atom is 0.340 e. The molecule has 0 aliphatic carbocycles. The summed E-state index contributed by atoms with van der Waals surface area (Å²) >= 11 is 3.27. The standard InChI is InChI=1S/C12H15BrN2O3/c1-3-6-14-12(17)15-10-5-4-8(13)7-9(10)11(16)18-2/h4-5,7H,3,6H2,1-2H3,(H2,14,15,17). The minimum atomic E-state index is -0.498. The molecule has 2 amide bonds. The van der Waals surface area contributed by atoms with E-state index in [0.717, 1.165) is 10.9 Å². The average molecular weight is 315 g/mol. The summed E-state index contributed by atoms with van der Waals surface area (Å²) in [5, 5.41) is 5.28. The molecule has 0 spiro atoms. The first-order valence-corrected chi connectivity index (χ1v) is 6.30. The minimum absolute atomic E-state index is 0.304. The van der Waals surface area contributed by atoms with Crippen LogP contribution in [0.3, 0.4) is 0 Å². The van der Waals surface area contributed by atoms with Crippen LogP contribution in [0.25, 0.3) is 0 Å². The van der Waals surface area contributed by atoms with Crippen LogP contribution in [-0.4, -0.2) is 25.7 Å². The second-order valence-corrected chi connectivity index (χ2v) is 4.48. The third-order valence-electron chi connectivity index (χ3n) is 2.17. The van der Waals surface area contributed by atoms with Crippen molar-refractivity contribution < 1.29 is 14.3 Å². The van der Waals surface area contributed by atoms with Crippen LogP contribution in [0.4, 0.5) is 10.5 Å². The van der Waals surface area contributed by atoms with E-state index in [2.05, 4.69) is 31.3 Å². The Morgan fingerprint density at radius 1 is 1.39 bits per heavy atom. The summed E-state index contributed by atoms with van der Waals surface area (Å²) in [4.78, 5) is 23.1. The Morgan fingerprint density at radius 2 is 2.11 bits per heavy atom. The van der Waals surface area contributed by atoms with Gasteiger partial charge in [0.2, 0.25) is 0 Å². The number of esters is 1. The van der Waals surface area contributed by atoms with Crippen molar-refractivity contribution in [2.45, 2.75) is 13.3 Å². The van der Waals surface area contributed by atoms with Crippen molar-refractivity contribution in [3.8, 4) is 0 Å². The highest BCUT2D eigenvalue weighted by Crippen LogP contribution is 2.21. The number of carbonyl (C=O) groups is 2. The van der Waals surface area contributed by atoms with Gasteiger partial charge >= 0.3 is 12.0 Å². The first kappa shape index (κ1) is 14.5. The number of hydrogen-bond donors (Lipinski definition) is 2. The molecule has 1 aromatic rings. The van der Waals surface area contributed by atoms with Crippen molar-refractivity contribution in [1.82, 2.24) is 5.32 Å². The van der Waals surface area contributed by atoms with E-state index < -0.39 is 5.97 Å². The number of nitrogens with one attached hydrogen (secondary N) is 2. The lowest BCUT2D eigenvalue weighted by atomic mass is 10.2. The number of carbonyl (C=O) groups excluding carboxylic acids is 2. The number of halogens is 1. The number of amides is 2. The lowest BCUT2D eigenvalue weighted by Gasteiger charge is -2.10. The van der Waals surface area contributed by atoms with E-state index in [9.17, 15) is 9.59 Å². The number of hydrogen-bond acceptors (Lipinski definition) is 3. The Balaban J connectivity index is 2.87. The van der Waals surface area contributed by atoms with E-state index in [1.165, 1.54) is 7.11 Å². The van der Waals surface area contributed by atoms with E-state index in [1.54, 1.807) is 18.2 Å². The monoisotopic (exact) mass is 314 g/mol. The van der Waals surface area contributed by atoms with E-state index in [0.29, 0.717) is 17.8 Å². The van der Waals surface area contributed by atoms with Crippen LogP contribution in [0, 0.1) is 0 Å². The van der Waals surface area contributed by atoms with Crippen LogP contribution in [0.5, 0.6) is 0 Å². The number of rotatable bonds is 4. The third-order valence-corrected chi connectivity index (χ3v) is 2.66. The summed E-state index contributed by atoms with van der Waals surface area (Å²) in [6, 6.07) is 4.63. The SMILES string of the molecule is CCCNC(=O)Nc1ccc(Br)cc1C(=O)OC. The van der Waals surface area contributed by atoms with Gasteiger partial charge in [-0.3, -0.25) is 0 Å². The van der Waals surface area contributed by atoms with Crippen molar-refractivity contribution in [2.75, 3.05) is 19.0 Å². The van der Waals surface area contributed by atoms with Gasteiger partial charge in [0.05, 0.1) is 18.4 Å². The van der Waals surface area contributed by atoms with E-state index in [-0.39, 0.29) is 6.03 Å². The molecule has 5 nitrogen and oxygen atoms in total. The fourth-order valence-electron chi connectivity index (χ4n) is 1.31. The van der Waals surface area contributed by atoms with Crippen molar-refractivity contribution in [2.24, 2.45) is 0 Å². The lowest BCUT2D eigenvalue weighted by molar-refractivity contribution is 0.0602. The van der Waals surface area contributed by atoms with Gasteiger partial charge in [-0.1, -0.05) is 22.9 Å². The molecule has 0 heterocycles. The van der Waals surface area contributed by atoms with Crippen LogP contribution >= 0.6 is 15.9 Å². The first-order valence-electron chi connectivity index (χ1n) is 5.51. The zero-order valence-electron chi connectivity index (χ0n) is 10.2. The zero-order valence-corrected chi connectivity index (χ0v) is 11.8. The highest BCUT2D eigenvalue weighted by Gasteiger charge is 2.14. The van der Waals surface area contributed by atoms with Crippen molar-refractivity contribution >= 4 is 33.6 Å². The molecule has 1 rings (SSSR count). The molecule has 1 aromatic carbocycles.